The molecule has 2 amide bonds. The standard InChI is InChI=1S/C19H21BrN4O4/c1-12(2)22-19(26)13-3-8-16(17(11-13)24(27)28)21-10-9-18(25)23-15-6-4-14(20)5-7-15/h3-8,11-12,21H,9-10H2,1-2H3,(H,22,26)(H,23,25). The Morgan fingerprint density at radius 3 is 2.43 bits per heavy atom. The molecule has 0 bridgehead atoms. The van der Waals surface area contributed by atoms with Gasteiger partial charge in [0, 0.05) is 40.8 Å². The van der Waals surface area contributed by atoms with Crippen LogP contribution in [0.15, 0.2) is 46.9 Å². The van der Waals surface area contributed by atoms with E-state index in [1.54, 1.807) is 12.1 Å². The molecule has 0 unspecified atom stereocenters. The summed E-state index contributed by atoms with van der Waals surface area (Å²) < 4.78 is 0.907. The average molecular weight is 449 g/mol. The average Bonchev–Trinajstić information content (AvgIpc) is 2.63. The first-order valence-corrected chi connectivity index (χ1v) is 9.44. The van der Waals surface area contributed by atoms with Gasteiger partial charge < -0.3 is 16.0 Å². The molecule has 0 aromatic heterocycles. The van der Waals surface area contributed by atoms with Crippen LogP contribution < -0.4 is 16.0 Å². The number of benzene rings is 2. The molecule has 0 spiro atoms. The normalized spacial score (nSPS) is 10.4. The summed E-state index contributed by atoms with van der Waals surface area (Å²) in [4.78, 5) is 34.8. The minimum absolute atomic E-state index is 0.0754. The molecule has 0 radical (unpaired) electrons. The summed E-state index contributed by atoms with van der Waals surface area (Å²) in [6, 6.07) is 11.3. The fraction of sp³-hybridized carbons (Fsp3) is 0.263. The molecule has 0 fully saturated rings. The van der Waals surface area contributed by atoms with E-state index < -0.39 is 4.92 Å². The first kappa shape index (κ1) is 21.4. The van der Waals surface area contributed by atoms with Gasteiger partial charge in [-0.3, -0.25) is 19.7 Å². The molecule has 9 heteroatoms. The molecule has 0 atom stereocenters. The number of nitro groups is 1. The van der Waals surface area contributed by atoms with Gasteiger partial charge >= 0.3 is 0 Å². The Morgan fingerprint density at radius 2 is 1.82 bits per heavy atom. The van der Waals surface area contributed by atoms with E-state index in [9.17, 15) is 19.7 Å². The molecule has 0 aliphatic carbocycles. The number of halogens is 1. The monoisotopic (exact) mass is 448 g/mol. The third kappa shape index (κ3) is 6.34. The third-order valence-electron chi connectivity index (χ3n) is 3.67. The number of carbonyl (C=O) groups excluding carboxylic acids is 2. The Balaban J connectivity index is 1.97. The van der Waals surface area contributed by atoms with Crippen LogP contribution in [0.5, 0.6) is 0 Å². The van der Waals surface area contributed by atoms with E-state index >= 15 is 0 Å². The van der Waals surface area contributed by atoms with Crippen LogP contribution >= 0.6 is 15.9 Å². The van der Waals surface area contributed by atoms with E-state index in [1.807, 2.05) is 26.0 Å². The molecule has 0 saturated heterocycles. The lowest BCUT2D eigenvalue weighted by Gasteiger charge is -2.11. The van der Waals surface area contributed by atoms with Crippen molar-refractivity contribution in [2.45, 2.75) is 26.3 Å². The number of hydrogen-bond acceptors (Lipinski definition) is 5. The highest BCUT2D eigenvalue weighted by atomic mass is 79.9. The van der Waals surface area contributed by atoms with Crippen molar-refractivity contribution in [1.82, 2.24) is 5.32 Å². The maximum Gasteiger partial charge on any atom is 0.293 e. The quantitative estimate of drug-likeness (QED) is 0.418. The second kappa shape index (κ2) is 9.84. The molecule has 28 heavy (non-hydrogen) atoms. The number of anilines is 2. The Kier molecular flexibility index (Phi) is 7.51. The lowest BCUT2D eigenvalue weighted by Crippen LogP contribution is -2.30. The van der Waals surface area contributed by atoms with Crippen LogP contribution in [0.1, 0.15) is 30.6 Å². The minimum atomic E-state index is -0.559. The van der Waals surface area contributed by atoms with E-state index in [2.05, 4.69) is 31.9 Å². The highest BCUT2D eigenvalue weighted by Gasteiger charge is 2.18. The zero-order chi connectivity index (χ0) is 20.7. The second-order valence-electron chi connectivity index (χ2n) is 6.35. The van der Waals surface area contributed by atoms with Crippen LogP contribution in [-0.4, -0.2) is 29.3 Å². The third-order valence-corrected chi connectivity index (χ3v) is 4.20. The number of nitrogens with zero attached hydrogens (tertiary/aromatic N) is 1. The first-order valence-electron chi connectivity index (χ1n) is 8.65. The lowest BCUT2D eigenvalue weighted by atomic mass is 10.1. The van der Waals surface area contributed by atoms with Crippen molar-refractivity contribution in [1.29, 1.82) is 0 Å². The maximum atomic E-state index is 12.0. The SMILES string of the molecule is CC(C)NC(=O)c1ccc(NCCC(=O)Nc2ccc(Br)cc2)c([N+](=O)[O-])c1. The summed E-state index contributed by atoms with van der Waals surface area (Å²) in [7, 11) is 0. The van der Waals surface area contributed by atoms with Crippen molar-refractivity contribution in [2.75, 3.05) is 17.2 Å². The lowest BCUT2D eigenvalue weighted by molar-refractivity contribution is -0.384. The summed E-state index contributed by atoms with van der Waals surface area (Å²) in [6.07, 6.45) is 0.128. The van der Waals surface area contributed by atoms with Gasteiger partial charge in [-0.1, -0.05) is 15.9 Å². The van der Waals surface area contributed by atoms with Gasteiger partial charge in [0.25, 0.3) is 11.6 Å². The van der Waals surface area contributed by atoms with Crippen molar-refractivity contribution in [3.05, 3.63) is 62.6 Å². The number of nitrogens with one attached hydrogen (secondary N) is 3. The number of hydrogen-bond donors (Lipinski definition) is 3. The molecule has 0 aliphatic rings. The summed E-state index contributed by atoms with van der Waals surface area (Å²) in [5.41, 5.74) is 0.908. The number of carbonyl (C=O) groups is 2. The van der Waals surface area contributed by atoms with E-state index in [0.717, 1.165) is 4.47 Å². The molecule has 0 aliphatic heterocycles. The van der Waals surface area contributed by atoms with Gasteiger partial charge in [0.1, 0.15) is 5.69 Å². The number of nitro benzene ring substituents is 1. The molecule has 2 aromatic rings. The van der Waals surface area contributed by atoms with E-state index in [-0.39, 0.29) is 47.8 Å². The van der Waals surface area contributed by atoms with E-state index in [1.165, 1.54) is 18.2 Å². The van der Waals surface area contributed by atoms with Crippen LogP contribution in [0.3, 0.4) is 0 Å². The van der Waals surface area contributed by atoms with Gasteiger partial charge in [0.15, 0.2) is 0 Å². The molecule has 8 nitrogen and oxygen atoms in total. The van der Waals surface area contributed by atoms with Gasteiger partial charge in [-0.25, -0.2) is 0 Å². The Morgan fingerprint density at radius 1 is 1.14 bits per heavy atom. The summed E-state index contributed by atoms with van der Waals surface area (Å²) >= 11 is 3.32. The predicted molar refractivity (Wildman–Crippen MR) is 112 cm³/mol. The Labute approximate surface area is 171 Å². The van der Waals surface area contributed by atoms with Crippen molar-refractivity contribution >= 4 is 44.8 Å². The number of amides is 2. The molecule has 2 rings (SSSR count). The molecule has 2 aromatic carbocycles. The highest BCUT2D eigenvalue weighted by Crippen LogP contribution is 2.25. The van der Waals surface area contributed by atoms with Gasteiger partial charge in [0.05, 0.1) is 4.92 Å². The Hall–Kier alpha value is -2.94. The predicted octanol–water partition coefficient (Wildman–Crippen LogP) is 3.94. The largest absolute Gasteiger partial charge is 0.379 e. The zero-order valence-electron chi connectivity index (χ0n) is 15.5. The minimum Gasteiger partial charge on any atom is -0.379 e. The number of rotatable bonds is 8. The zero-order valence-corrected chi connectivity index (χ0v) is 17.1. The summed E-state index contributed by atoms with van der Waals surface area (Å²) in [5.74, 6) is -0.594. The Bertz CT molecular complexity index is 869. The molecular weight excluding hydrogens is 428 g/mol. The van der Waals surface area contributed by atoms with Crippen LogP contribution in [0, 0.1) is 10.1 Å². The van der Waals surface area contributed by atoms with E-state index in [4.69, 9.17) is 0 Å². The fourth-order valence-corrected chi connectivity index (χ4v) is 2.65. The topological polar surface area (TPSA) is 113 Å². The molecule has 0 saturated carbocycles. The molecular formula is C19H21BrN4O4. The van der Waals surface area contributed by atoms with Crippen molar-refractivity contribution in [2.24, 2.45) is 0 Å². The van der Waals surface area contributed by atoms with Crippen molar-refractivity contribution in [3.8, 4) is 0 Å². The molecule has 3 N–H and O–H groups in total. The molecule has 148 valence electrons. The van der Waals surface area contributed by atoms with E-state index in [0.29, 0.717) is 5.69 Å². The first-order chi connectivity index (χ1) is 13.3. The van der Waals surface area contributed by atoms with Crippen molar-refractivity contribution < 1.29 is 14.5 Å². The van der Waals surface area contributed by atoms with Crippen molar-refractivity contribution in [3.63, 3.8) is 0 Å². The second-order valence-corrected chi connectivity index (χ2v) is 7.26. The van der Waals surface area contributed by atoms with Crippen LogP contribution in [0.2, 0.25) is 0 Å². The van der Waals surface area contributed by atoms with Gasteiger partial charge in [-0.05, 0) is 50.2 Å². The van der Waals surface area contributed by atoms with Gasteiger partial charge in [0.2, 0.25) is 5.91 Å². The highest BCUT2D eigenvalue weighted by molar-refractivity contribution is 9.10. The van der Waals surface area contributed by atoms with Crippen LogP contribution in [0.4, 0.5) is 17.1 Å². The smallest absolute Gasteiger partial charge is 0.293 e. The van der Waals surface area contributed by atoms with Gasteiger partial charge in [-0.15, -0.1) is 0 Å². The van der Waals surface area contributed by atoms with Gasteiger partial charge in [-0.2, -0.15) is 0 Å². The van der Waals surface area contributed by atoms with Crippen LogP contribution in [0.25, 0.3) is 0 Å². The maximum absolute atomic E-state index is 12.0. The summed E-state index contributed by atoms with van der Waals surface area (Å²) in [6.45, 7) is 3.82. The van der Waals surface area contributed by atoms with Crippen LogP contribution in [-0.2, 0) is 4.79 Å². The fourth-order valence-electron chi connectivity index (χ4n) is 2.39. The molecule has 0 heterocycles. The summed E-state index contributed by atoms with van der Waals surface area (Å²) in [5, 5.41) is 19.7.